The van der Waals surface area contributed by atoms with Crippen molar-refractivity contribution in [2.75, 3.05) is 26.2 Å². The van der Waals surface area contributed by atoms with Crippen LogP contribution in [-0.4, -0.2) is 57.8 Å². The maximum absolute atomic E-state index is 12.3. The van der Waals surface area contributed by atoms with E-state index in [-0.39, 0.29) is 11.8 Å². The topological polar surface area (TPSA) is 72.2 Å². The van der Waals surface area contributed by atoms with Gasteiger partial charge in [-0.2, -0.15) is 0 Å². The Labute approximate surface area is 129 Å². The van der Waals surface area contributed by atoms with Crippen LogP contribution in [0.25, 0.3) is 0 Å². The van der Waals surface area contributed by atoms with E-state index in [1.165, 1.54) is 0 Å². The lowest BCUT2D eigenvalue weighted by Crippen LogP contribution is -2.37. The number of hydrogen-bond acceptors (Lipinski definition) is 2. The lowest BCUT2D eigenvalue weighted by atomic mass is 10.2. The Bertz CT molecular complexity index is 619. The Kier molecular flexibility index (Phi) is 4.27. The number of carbonyl (C=O) groups is 2. The molecule has 0 unspecified atom stereocenters. The minimum atomic E-state index is 0.0289. The summed E-state index contributed by atoms with van der Waals surface area (Å²) in [5.74, 6) is 0.150. The van der Waals surface area contributed by atoms with Gasteiger partial charge in [-0.15, -0.1) is 0 Å². The summed E-state index contributed by atoms with van der Waals surface area (Å²) >= 11 is 0. The number of nitrogens with zero attached hydrogens (tertiary/aromatic N) is 2. The van der Waals surface area contributed by atoms with Crippen LogP contribution < -0.4 is 0 Å². The van der Waals surface area contributed by atoms with Gasteiger partial charge in [0.25, 0.3) is 5.91 Å². The van der Waals surface area contributed by atoms with Crippen LogP contribution in [0.1, 0.15) is 22.3 Å². The zero-order valence-electron chi connectivity index (χ0n) is 12.4. The molecule has 0 aliphatic carbocycles. The van der Waals surface area contributed by atoms with Gasteiger partial charge in [-0.1, -0.05) is 0 Å². The second kappa shape index (κ2) is 6.51. The molecule has 1 saturated heterocycles. The fourth-order valence-corrected chi connectivity index (χ4v) is 2.76. The number of rotatable bonds is 3. The first-order chi connectivity index (χ1) is 10.7. The zero-order valence-corrected chi connectivity index (χ0v) is 12.4. The van der Waals surface area contributed by atoms with Gasteiger partial charge in [-0.05, 0) is 24.1 Å². The molecule has 3 rings (SSSR count). The molecule has 2 N–H and O–H groups in total. The Morgan fingerprint density at radius 1 is 0.955 bits per heavy atom. The van der Waals surface area contributed by atoms with Gasteiger partial charge < -0.3 is 19.8 Å². The van der Waals surface area contributed by atoms with Crippen molar-refractivity contribution >= 4 is 11.8 Å². The standard InChI is InChI=1S/C16H20N4O2/c21-15(10-13-2-4-17-11-13)19-6-1-7-20(9-8-19)16(22)14-3-5-18-12-14/h2-5,11-12,17-18H,1,6-10H2. The third-order valence-corrected chi connectivity index (χ3v) is 4.00. The number of hydrogen-bond donors (Lipinski definition) is 2. The van der Waals surface area contributed by atoms with E-state index >= 15 is 0 Å². The smallest absolute Gasteiger partial charge is 0.255 e. The average Bonchev–Trinajstić information content (AvgIpc) is 3.16. The van der Waals surface area contributed by atoms with E-state index in [1.807, 2.05) is 28.3 Å². The van der Waals surface area contributed by atoms with Gasteiger partial charge in [0, 0.05) is 51.0 Å². The Balaban J connectivity index is 1.57. The van der Waals surface area contributed by atoms with E-state index in [1.54, 1.807) is 18.5 Å². The van der Waals surface area contributed by atoms with Crippen molar-refractivity contribution in [2.45, 2.75) is 12.8 Å². The lowest BCUT2D eigenvalue weighted by molar-refractivity contribution is -0.130. The number of carbonyl (C=O) groups excluding carboxylic acids is 2. The van der Waals surface area contributed by atoms with Gasteiger partial charge in [0.1, 0.15) is 0 Å². The van der Waals surface area contributed by atoms with E-state index in [2.05, 4.69) is 9.97 Å². The normalized spacial score (nSPS) is 15.6. The fourth-order valence-electron chi connectivity index (χ4n) is 2.76. The van der Waals surface area contributed by atoms with Gasteiger partial charge in [-0.25, -0.2) is 0 Å². The van der Waals surface area contributed by atoms with Crippen molar-refractivity contribution in [2.24, 2.45) is 0 Å². The molecule has 0 bridgehead atoms. The quantitative estimate of drug-likeness (QED) is 0.895. The average molecular weight is 300 g/mol. The highest BCUT2D eigenvalue weighted by molar-refractivity contribution is 5.94. The molecule has 0 saturated carbocycles. The summed E-state index contributed by atoms with van der Waals surface area (Å²) in [7, 11) is 0. The molecule has 22 heavy (non-hydrogen) atoms. The van der Waals surface area contributed by atoms with Gasteiger partial charge in [0.15, 0.2) is 0 Å². The van der Waals surface area contributed by atoms with Crippen LogP contribution in [0.4, 0.5) is 0 Å². The van der Waals surface area contributed by atoms with Crippen LogP contribution in [-0.2, 0) is 11.2 Å². The maximum Gasteiger partial charge on any atom is 0.255 e. The lowest BCUT2D eigenvalue weighted by Gasteiger charge is -2.22. The summed E-state index contributed by atoms with van der Waals surface area (Å²) in [6.45, 7) is 2.58. The molecular formula is C16H20N4O2. The van der Waals surface area contributed by atoms with Crippen LogP contribution in [0.3, 0.4) is 0 Å². The van der Waals surface area contributed by atoms with Gasteiger partial charge in [-0.3, -0.25) is 9.59 Å². The molecule has 0 radical (unpaired) electrons. The fraction of sp³-hybridized carbons (Fsp3) is 0.375. The largest absolute Gasteiger partial charge is 0.367 e. The first-order valence-electron chi connectivity index (χ1n) is 7.55. The molecule has 0 spiro atoms. The highest BCUT2D eigenvalue weighted by Gasteiger charge is 2.23. The first-order valence-corrected chi connectivity index (χ1v) is 7.55. The van der Waals surface area contributed by atoms with Crippen LogP contribution >= 0.6 is 0 Å². The Hall–Kier alpha value is -2.50. The van der Waals surface area contributed by atoms with Crippen LogP contribution in [0.5, 0.6) is 0 Å². The molecule has 1 aliphatic heterocycles. The first kappa shape index (κ1) is 14.4. The van der Waals surface area contributed by atoms with Gasteiger partial charge in [0.05, 0.1) is 12.0 Å². The van der Waals surface area contributed by atoms with Crippen LogP contribution in [0, 0.1) is 0 Å². The number of amides is 2. The second-order valence-corrected chi connectivity index (χ2v) is 5.52. The third kappa shape index (κ3) is 3.21. The van der Waals surface area contributed by atoms with E-state index in [0.29, 0.717) is 38.2 Å². The number of nitrogens with one attached hydrogen (secondary N) is 2. The predicted molar refractivity (Wildman–Crippen MR) is 82.4 cm³/mol. The van der Waals surface area contributed by atoms with E-state index in [0.717, 1.165) is 12.0 Å². The Morgan fingerprint density at radius 2 is 1.68 bits per heavy atom. The SMILES string of the molecule is O=C(Cc1cc[nH]c1)N1CCCN(C(=O)c2cc[nH]c2)CC1. The molecule has 2 aromatic rings. The zero-order chi connectivity index (χ0) is 15.4. The summed E-state index contributed by atoms with van der Waals surface area (Å²) in [5.41, 5.74) is 1.67. The number of H-pyrrole nitrogens is 2. The van der Waals surface area contributed by atoms with Crippen molar-refractivity contribution < 1.29 is 9.59 Å². The predicted octanol–water partition coefficient (Wildman–Crippen LogP) is 1.26. The van der Waals surface area contributed by atoms with E-state index in [9.17, 15) is 9.59 Å². The van der Waals surface area contributed by atoms with Gasteiger partial charge >= 0.3 is 0 Å². The molecule has 1 aliphatic rings. The summed E-state index contributed by atoms with van der Waals surface area (Å²) in [6.07, 6.45) is 8.35. The van der Waals surface area contributed by atoms with Crippen molar-refractivity contribution in [3.05, 3.63) is 48.0 Å². The molecule has 0 aromatic carbocycles. The minimum absolute atomic E-state index is 0.0289. The van der Waals surface area contributed by atoms with E-state index < -0.39 is 0 Å². The second-order valence-electron chi connectivity index (χ2n) is 5.52. The molecule has 3 heterocycles. The van der Waals surface area contributed by atoms with Crippen molar-refractivity contribution in [3.8, 4) is 0 Å². The third-order valence-electron chi connectivity index (χ3n) is 4.00. The summed E-state index contributed by atoms with van der Waals surface area (Å²) < 4.78 is 0. The number of aromatic amines is 2. The molecule has 2 amide bonds. The van der Waals surface area contributed by atoms with E-state index in [4.69, 9.17) is 0 Å². The molecule has 2 aromatic heterocycles. The van der Waals surface area contributed by atoms with Crippen molar-refractivity contribution in [3.63, 3.8) is 0 Å². The molecule has 116 valence electrons. The minimum Gasteiger partial charge on any atom is -0.367 e. The molecule has 1 fully saturated rings. The molecular weight excluding hydrogens is 280 g/mol. The van der Waals surface area contributed by atoms with Crippen molar-refractivity contribution in [1.82, 2.24) is 19.8 Å². The molecule has 0 atom stereocenters. The summed E-state index contributed by atoms with van der Waals surface area (Å²) in [6, 6.07) is 3.69. The highest BCUT2D eigenvalue weighted by Crippen LogP contribution is 2.10. The Morgan fingerprint density at radius 3 is 2.41 bits per heavy atom. The number of aromatic nitrogens is 2. The van der Waals surface area contributed by atoms with Gasteiger partial charge in [0.2, 0.25) is 5.91 Å². The summed E-state index contributed by atoms with van der Waals surface area (Å²) in [5, 5.41) is 0. The van der Waals surface area contributed by atoms with Crippen LogP contribution in [0.2, 0.25) is 0 Å². The van der Waals surface area contributed by atoms with Crippen LogP contribution in [0.15, 0.2) is 36.9 Å². The summed E-state index contributed by atoms with van der Waals surface area (Å²) in [4.78, 5) is 34.2. The molecule has 6 heteroatoms. The monoisotopic (exact) mass is 300 g/mol. The highest BCUT2D eigenvalue weighted by atomic mass is 16.2. The maximum atomic E-state index is 12.3. The van der Waals surface area contributed by atoms with Crippen molar-refractivity contribution in [1.29, 1.82) is 0 Å². The molecule has 6 nitrogen and oxygen atoms in total.